The molecule has 0 saturated carbocycles. The van der Waals surface area contributed by atoms with E-state index in [2.05, 4.69) is 55.2 Å². The van der Waals surface area contributed by atoms with Crippen LogP contribution in [-0.2, 0) is 6.42 Å². The number of aromatic amines is 1. The summed E-state index contributed by atoms with van der Waals surface area (Å²) >= 11 is 5.28. The highest BCUT2D eigenvalue weighted by Gasteiger charge is 2.07. The summed E-state index contributed by atoms with van der Waals surface area (Å²) in [5, 5.41) is 7.08. The zero-order valence-corrected chi connectivity index (χ0v) is 11.2. The molecule has 1 aromatic carbocycles. The molecular weight excluding hydrogens is 230 g/mol. The smallest absolute Gasteiger partial charge is 0.199 e. The molecule has 1 N–H and O–H groups in total. The zero-order valence-electron chi connectivity index (χ0n) is 10.4. The lowest BCUT2D eigenvalue weighted by atomic mass is 10.0. The van der Waals surface area contributed by atoms with E-state index in [0.717, 1.165) is 17.9 Å². The molecule has 0 radical (unpaired) electrons. The maximum atomic E-state index is 5.28. The highest BCUT2D eigenvalue weighted by Crippen LogP contribution is 2.19. The molecule has 1 aromatic heterocycles. The molecule has 3 nitrogen and oxygen atoms in total. The van der Waals surface area contributed by atoms with Crippen molar-refractivity contribution in [2.24, 2.45) is 0 Å². The standard InChI is InChI=1S/C13H17N3S/c1-4-12-14-15-13(17)16(12)11-7-5-6-10(8-11)9(2)3/h5-9H,4H2,1-3H3,(H,15,17). The van der Waals surface area contributed by atoms with E-state index < -0.39 is 0 Å². The van der Waals surface area contributed by atoms with Gasteiger partial charge in [-0.1, -0.05) is 32.9 Å². The summed E-state index contributed by atoms with van der Waals surface area (Å²) in [6, 6.07) is 8.45. The highest BCUT2D eigenvalue weighted by atomic mass is 32.1. The first-order valence-corrected chi connectivity index (χ1v) is 6.31. The van der Waals surface area contributed by atoms with Gasteiger partial charge in [0.25, 0.3) is 0 Å². The van der Waals surface area contributed by atoms with Crippen LogP contribution in [0.3, 0.4) is 0 Å². The first-order chi connectivity index (χ1) is 8.13. The predicted octanol–water partition coefficient (Wildman–Crippen LogP) is 3.62. The number of hydrogen-bond acceptors (Lipinski definition) is 2. The van der Waals surface area contributed by atoms with Gasteiger partial charge in [-0.2, -0.15) is 5.10 Å². The maximum absolute atomic E-state index is 5.28. The van der Waals surface area contributed by atoms with Crippen LogP contribution < -0.4 is 0 Å². The molecule has 0 fully saturated rings. The number of benzene rings is 1. The molecule has 4 heteroatoms. The lowest BCUT2D eigenvalue weighted by molar-refractivity contribution is 0.850. The van der Waals surface area contributed by atoms with Crippen molar-refractivity contribution in [1.82, 2.24) is 14.8 Å². The lowest BCUT2D eigenvalue weighted by Gasteiger charge is -2.10. The second-order valence-electron chi connectivity index (χ2n) is 4.38. The fourth-order valence-electron chi connectivity index (χ4n) is 1.86. The number of aryl methyl sites for hydroxylation is 1. The van der Waals surface area contributed by atoms with E-state index >= 15 is 0 Å². The van der Waals surface area contributed by atoms with E-state index in [-0.39, 0.29) is 0 Å². The van der Waals surface area contributed by atoms with Crippen molar-refractivity contribution in [3.8, 4) is 5.69 Å². The summed E-state index contributed by atoms with van der Waals surface area (Å²) in [5.74, 6) is 1.48. The Morgan fingerprint density at radius 2 is 2.18 bits per heavy atom. The Morgan fingerprint density at radius 1 is 1.41 bits per heavy atom. The average molecular weight is 247 g/mol. The predicted molar refractivity (Wildman–Crippen MR) is 72.2 cm³/mol. The molecule has 0 bridgehead atoms. The van der Waals surface area contributed by atoms with Crippen LogP contribution in [0, 0.1) is 4.77 Å². The van der Waals surface area contributed by atoms with E-state index in [1.807, 2.05) is 4.57 Å². The quantitative estimate of drug-likeness (QED) is 0.840. The molecule has 2 rings (SSSR count). The molecule has 0 saturated heterocycles. The third-order valence-electron chi connectivity index (χ3n) is 2.85. The van der Waals surface area contributed by atoms with Crippen molar-refractivity contribution in [3.63, 3.8) is 0 Å². The van der Waals surface area contributed by atoms with Crippen LogP contribution in [0.15, 0.2) is 24.3 Å². The normalized spacial score (nSPS) is 11.1. The van der Waals surface area contributed by atoms with Gasteiger partial charge in [0.05, 0.1) is 0 Å². The van der Waals surface area contributed by atoms with Gasteiger partial charge in [-0.3, -0.25) is 9.67 Å². The van der Waals surface area contributed by atoms with Crippen molar-refractivity contribution in [3.05, 3.63) is 40.4 Å². The molecule has 0 aliphatic heterocycles. The Labute approximate surface area is 106 Å². The van der Waals surface area contributed by atoms with Crippen molar-refractivity contribution >= 4 is 12.2 Å². The van der Waals surface area contributed by atoms with Gasteiger partial charge in [-0.15, -0.1) is 0 Å². The maximum Gasteiger partial charge on any atom is 0.199 e. The van der Waals surface area contributed by atoms with Crippen LogP contribution in [0.25, 0.3) is 5.69 Å². The Hall–Kier alpha value is -1.42. The van der Waals surface area contributed by atoms with Gasteiger partial charge in [0.15, 0.2) is 4.77 Å². The number of rotatable bonds is 3. The topological polar surface area (TPSA) is 33.6 Å². The number of nitrogens with one attached hydrogen (secondary N) is 1. The van der Waals surface area contributed by atoms with E-state index in [0.29, 0.717) is 10.7 Å². The average Bonchev–Trinajstić information content (AvgIpc) is 2.70. The van der Waals surface area contributed by atoms with Gasteiger partial charge in [0.2, 0.25) is 0 Å². The van der Waals surface area contributed by atoms with Gasteiger partial charge in [-0.05, 0) is 35.8 Å². The van der Waals surface area contributed by atoms with Crippen molar-refractivity contribution in [2.75, 3.05) is 0 Å². The molecule has 0 amide bonds. The van der Waals surface area contributed by atoms with E-state index in [9.17, 15) is 0 Å². The first-order valence-electron chi connectivity index (χ1n) is 5.90. The van der Waals surface area contributed by atoms with Gasteiger partial charge >= 0.3 is 0 Å². The summed E-state index contributed by atoms with van der Waals surface area (Å²) in [6.45, 7) is 6.46. The summed E-state index contributed by atoms with van der Waals surface area (Å²) in [4.78, 5) is 0. The molecule has 0 aliphatic rings. The lowest BCUT2D eigenvalue weighted by Crippen LogP contribution is -2.01. The van der Waals surface area contributed by atoms with Crippen molar-refractivity contribution < 1.29 is 0 Å². The third kappa shape index (κ3) is 2.31. The van der Waals surface area contributed by atoms with Crippen molar-refractivity contribution in [2.45, 2.75) is 33.1 Å². The minimum absolute atomic E-state index is 0.515. The second kappa shape index (κ2) is 4.84. The Morgan fingerprint density at radius 3 is 2.82 bits per heavy atom. The Bertz CT molecular complexity index is 566. The van der Waals surface area contributed by atoms with Crippen LogP contribution in [-0.4, -0.2) is 14.8 Å². The van der Waals surface area contributed by atoms with E-state index in [4.69, 9.17) is 12.2 Å². The minimum atomic E-state index is 0.515. The molecule has 0 atom stereocenters. The summed E-state index contributed by atoms with van der Waals surface area (Å²) in [5.41, 5.74) is 2.40. The Balaban J connectivity index is 2.56. The van der Waals surface area contributed by atoms with Crippen LogP contribution in [0.4, 0.5) is 0 Å². The van der Waals surface area contributed by atoms with Crippen LogP contribution >= 0.6 is 12.2 Å². The van der Waals surface area contributed by atoms with Gasteiger partial charge in [0.1, 0.15) is 5.82 Å². The van der Waals surface area contributed by atoms with Crippen LogP contribution in [0.2, 0.25) is 0 Å². The molecular formula is C13H17N3S. The zero-order chi connectivity index (χ0) is 12.4. The first kappa shape index (κ1) is 12.0. The van der Waals surface area contributed by atoms with Gasteiger partial charge in [0, 0.05) is 12.1 Å². The fraction of sp³-hybridized carbons (Fsp3) is 0.385. The van der Waals surface area contributed by atoms with Crippen LogP contribution in [0.1, 0.15) is 38.1 Å². The highest BCUT2D eigenvalue weighted by molar-refractivity contribution is 7.71. The number of H-pyrrole nitrogens is 1. The minimum Gasteiger partial charge on any atom is -0.272 e. The monoisotopic (exact) mass is 247 g/mol. The fourth-order valence-corrected chi connectivity index (χ4v) is 2.11. The number of hydrogen-bond donors (Lipinski definition) is 1. The number of aromatic nitrogens is 3. The SMILES string of the molecule is CCc1n[nH]c(=S)n1-c1cccc(C(C)C)c1. The molecule has 90 valence electrons. The van der Waals surface area contributed by atoms with E-state index in [1.165, 1.54) is 5.56 Å². The molecule has 0 aliphatic carbocycles. The Kier molecular flexibility index (Phi) is 3.43. The molecule has 0 spiro atoms. The molecule has 17 heavy (non-hydrogen) atoms. The summed E-state index contributed by atoms with van der Waals surface area (Å²) < 4.78 is 2.66. The van der Waals surface area contributed by atoms with Crippen LogP contribution in [0.5, 0.6) is 0 Å². The number of nitrogens with zero attached hydrogens (tertiary/aromatic N) is 2. The van der Waals surface area contributed by atoms with Crippen molar-refractivity contribution in [1.29, 1.82) is 0 Å². The summed E-state index contributed by atoms with van der Waals surface area (Å²) in [7, 11) is 0. The molecule has 0 unspecified atom stereocenters. The second-order valence-corrected chi connectivity index (χ2v) is 4.77. The van der Waals surface area contributed by atoms with E-state index in [1.54, 1.807) is 0 Å². The molecule has 2 aromatic rings. The summed E-state index contributed by atoms with van der Waals surface area (Å²) in [6.07, 6.45) is 0.860. The van der Waals surface area contributed by atoms with Gasteiger partial charge in [-0.25, -0.2) is 0 Å². The largest absolute Gasteiger partial charge is 0.272 e. The molecule has 1 heterocycles. The third-order valence-corrected chi connectivity index (χ3v) is 3.13. The van der Waals surface area contributed by atoms with Gasteiger partial charge < -0.3 is 0 Å².